The van der Waals surface area contributed by atoms with Crippen LogP contribution in [-0.2, 0) is 11.2 Å². The van der Waals surface area contributed by atoms with Crippen molar-refractivity contribution >= 4 is 23.0 Å². The number of piperidine rings is 1. The third kappa shape index (κ3) is 4.47. The van der Waals surface area contributed by atoms with E-state index < -0.39 is 0 Å². The van der Waals surface area contributed by atoms with Crippen molar-refractivity contribution in [3.05, 3.63) is 36.0 Å². The molecule has 0 bridgehead atoms. The number of benzene rings is 1. The maximum absolute atomic E-state index is 12.1. The second-order valence-electron chi connectivity index (χ2n) is 6.47. The van der Waals surface area contributed by atoms with Crippen LogP contribution in [-0.4, -0.2) is 54.3 Å². The number of urea groups is 1. The van der Waals surface area contributed by atoms with Crippen LogP contribution < -0.4 is 10.6 Å². The number of para-hydroxylation sites is 1. The third-order valence-electron chi connectivity index (χ3n) is 4.71. The summed E-state index contributed by atoms with van der Waals surface area (Å²) in [6.45, 7) is 3.98. The predicted molar refractivity (Wildman–Crippen MR) is 100 cm³/mol. The fourth-order valence-electron chi connectivity index (χ4n) is 3.31. The number of hydrogen-bond donors (Lipinski definition) is 3. The highest BCUT2D eigenvalue weighted by atomic mass is 16.6. The molecule has 2 aromatic rings. The van der Waals surface area contributed by atoms with Gasteiger partial charge in [0, 0.05) is 42.8 Å². The quantitative estimate of drug-likeness (QED) is 0.768. The van der Waals surface area contributed by atoms with Gasteiger partial charge in [-0.15, -0.1) is 0 Å². The number of aromatic nitrogens is 1. The summed E-state index contributed by atoms with van der Waals surface area (Å²) in [4.78, 5) is 28.7. The largest absolute Gasteiger partial charge is 0.450 e. The van der Waals surface area contributed by atoms with E-state index in [0.29, 0.717) is 26.2 Å². The molecule has 0 aliphatic carbocycles. The lowest BCUT2D eigenvalue weighted by atomic mass is 10.1. The highest BCUT2D eigenvalue weighted by molar-refractivity contribution is 5.83. The van der Waals surface area contributed by atoms with Crippen LogP contribution >= 0.6 is 0 Å². The molecule has 7 heteroatoms. The van der Waals surface area contributed by atoms with E-state index in [1.807, 2.05) is 24.4 Å². The molecule has 0 spiro atoms. The minimum absolute atomic E-state index is 0.0914. The van der Waals surface area contributed by atoms with Crippen molar-refractivity contribution in [1.29, 1.82) is 0 Å². The average Bonchev–Trinajstić information content (AvgIpc) is 3.06. The molecule has 3 N–H and O–H groups in total. The van der Waals surface area contributed by atoms with Crippen molar-refractivity contribution in [1.82, 2.24) is 20.5 Å². The molecule has 1 aliphatic rings. The molecule has 26 heavy (non-hydrogen) atoms. The number of amides is 3. The van der Waals surface area contributed by atoms with E-state index in [2.05, 4.69) is 21.7 Å². The van der Waals surface area contributed by atoms with Crippen molar-refractivity contribution in [3.63, 3.8) is 0 Å². The first-order chi connectivity index (χ1) is 12.7. The van der Waals surface area contributed by atoms with Crippen LogP contribution in [0.15, 0.2) is 30.5 Å². The number of rotatable bonds is 5. The number of nitrogens with zero attached hydrogens (tertiary/aromatic N) is 1. The molecule has 0 unspecified atom stereocenters. The van der Waals surface area contributed by atoms with Crippen LogP contribution in [0.25, 0.3) is 10.9 Å². The van der Waals surface area contributed by atoms with Gasteiger partial charge in [-0.3, -0.25) is 0 Å². The van der Waals surface area contributed by atoms with Crippen LogP contribution in [0.4, 0.5) is 9.59 Å². The summed E-state index contributed by atoms with van der Waals surface area (Å²) in [5, 5.41) is 7.10. The number of carbonyl (C=O) groups is 2. The van der Waals surface area contributed by atoms with E-state index in [9.17, 15) is 9.59 Å². The number of likely N-dealkylation sites (tertiary alicyclic amines) is 1. The molecule has 140 valence electrons. The van der Waals surface area contributed by atoms with Crippen molar-refractivity contribution in [2.24, 2.45) is 0 Å². The first kappa shape index (κ1) is 18.1. The van der Waals surface area contributed by atoms with Crippen molar-refractivity contribution in [2.75, 3.05) is 26.2 Å². The Morgan fingerprint density at radius 1 is 1.27 bits per heavy atom. The van der Waals surface area contributed by atoms with Crippen molar-refractivity contribution < 1.29 is 14.3 Å². The number of hydrogen-bond acceptors (Lipinski definition) is 3. The van der Waals surface area contributed by atoms with Gasteiger partial charge in [-0.05, 0) is 37.8 Å². The van der Waals surface area contributed by atoms with Crippen LogP contribution in [0.5, 0.6) is 0 Å². The van der Waals surface area contributed by atoms with Gasteiger partial charge in [0.1, 0.15) is 0 Å². The van der Waals surface area contributed by atoms with Gasteiger partial charge in [0.2, 0.25) is 0 Å². The Hall–Kier alpha value is -2.70. The number of ether oxygens (including phenoxy) is 1. The maximum Gasteiger partial charge on any atom is 0.409 e. The molecule has 0 radical (unpaired) electrons. The highest BCUT2D eigenvalue weighted by Crippen LogP contribution is 2.17. The van der Waals surface area contributed by atoms with E-state index in [0.717, 1.165) is 24.8 Å². The number of H-pyrrole nitrogens is 1. The summed E-state index contributed by atoms with van der Waals surface area (Å²) in [5.41, 5.74) is 2.31. The minimum atomic E-state index is -0.269. The van der Waals surface area contributed by atoms with Gasteiger partial charge in [-0.2, -0.15) is 0 Å². The van der Waals surface area contributed by atoms with Gasteiger partial charge in [-0.25, -0.2) is 9.59 Å². The molecule has 7 nitrogen and oxygen atoms in total. The zero-order chi connectivity index (χ0) is 18.4. The van der Waals surface area contributed by atoms with Gasteiger partial charge in [0.05, 0.1) is 6.61 Å². The fourth-order valence-corrected chi connectivity index (χ4v) is 3.31. The summed E-state index contributed by atoms with van der Waals surface area (Å²) in [7, 11) is 0. The maximum atomic E-state index is 12.1. The second kappa shape index (κ2) is 8.60. The SMILES string of the molecule is CCOC(=O)N1CCC(NC(=O)NCCc2c[nH]c3ccccc23)CC1. The summed E-state index contributed by atoms with van der Waals surface area (Å²) >= 11 is 0. The Bertz CT molecular complexity index is 750. The number of carbonyl (C=O) groups excluding carboxylic acids is 2. The van der Waals surface area contributed by atoms with Crippen LogP contribution in [0.1, 0.15) is 25.3 Å². The summed E-state index contributed by atoms with van der Waals surface area (Å²) in [6, 6.07) is 8.08. The zero-order valence-electron chi connectivity index (χ0n) is 15.1. The van der Waals surface area contributed by atoms with Crippen LogP contribution in [0, 0.1) is 0 Å². The summed E-state index contributed by atoms with van der Waals surface area (Å²) in [6.07, 6.45) is 3.99. The topological polar surface area (TPSA) is 86.5 Å². The van der Waals surface area contributed by atoms with Gasteiger partial charge in [0.25, 0.3) is 0 Å². The first-order valence-corrected chi connectivity index (χ1v) is 9.18. The van der Waals surface area contributed by atoms with Crippen molar-refractivity contribution in [2.45, 2.75) is 32.2 Å². The molecule has 0 atom stereocenters. The Balaban J connectivity index is 1.38. The number of fused-ring (bicyclic) bond motifs is 1. The molecular weight excluding hydrogens is 332 g/mol. The van der Waals surface area contributed by atoms with Gasteiger partial charge in [-0.1, -0.05) is 18.2 Å². The molecule has 0 saturated carbocycles. The predicted octanol–water partition coefficient (Wildman–Crippen LogP) is 2.63. The lowest BCUT2D eigenvalue weighted by molar-refractivity contribution is 0.0957. The Labute approximate surface area is 153 Å². The number of nitrogens with one attached hydrogen (secondary N) is 3. The standard InChI is InChI=1S/C19H26N4O3/c1-2-26-19(25)23-11-8-15(9-12-23)22-18(24)20-10-7-14-13-21-17-6-4-3-5-16(14)17/h3-6,13,15,21H,2,7-12H2,1H3,(H2,20,22,24). The smallest absolute Gasteiger partial charge is 0.409 e. The van der Waals surface area contributed by atoms with Gasteiger partial charge < -0.3 is 25.3 Å². The molecule has 1 aromatic heterocycles. The molecule has 3 amide bonds. The van der Waals surface area contributed by atoms with E-state index in [-0.39, 0.29) is 18.2 Å². The first-order valence-electron chi connectivity index (χ1n) is 9.18. The van der Waals surface area contributed by atoms with E-state index in [1.165, 1.54) is 10.9 Å². The molecule has 1 fully saturated rings. The Kier molecular flexibility index (Phi) is 5.99. The molecule has 1 saturated heterocycles. The highest BCUT2D eigenvalue weighted by Gasteiger charge is 2.24. The normalized spacial score (nSPS) is 15.0. The van der Waals surface area contributed by atoms with E-state index in [4.69, 9.17) is 4.74 Å². The molecule has 1 aromatic carbocycles. The van der Waals surface area contributed by atoms with Crippen LogP contribution in [0.3, 0.4) is 0 Å². The Morgan fingerprint density at radius 2 is 2.04 bits per heavy atom. The van der Waals surface area contributed by atoms with Gasteiger partial charge in [0.15, 0.2) is 0 Å². The lowest BCUT2D eigenvalue weighted by Gasteiger charge is -2.31. The fraction of sp³-hybridized carbons (Fsp3) is 0.474. The second-order valence-corrected chi connectivity index (χ2v) is 6.47. The lowest BCUT2D eigenvalue weighted by Crippen LogP contribution is -2.49. The average molecular weight is 358 g/mol. The number of aromatic amines is 1. The monoisotopic (exact) mass is 358 g/mol. The summed E-state index contributed by atoms with van der Waals surface area (Å²) < 4.78 is 5.00. The zero-order valence-corrected chi connectivity index (χ0v) is 15.1. The van der Waals surface area contributed by atoms with Gasteiger partial charge >= 0.3 is 12.1 Å². The molecule has 1 aliphatic heterocycles. The third-order valence-corrected chi connectivity index (χ3v) is 4.71. The van der Waals surface area contributed by atoms with E-state index in [1.54, 1.807) is 11.8 Å². The molecular formula is C19H26N4O3. The summed E-state index contributed by atoms with van der Waals surface area (Å²) in [5.74, 6) is 0. The van der Waals surface area contributed by atoms with Crippen molar-refractivity contribution in [3.8, 4) is 0 Å². The minimum Gasteiger partial charge on any atom is -0.450 e. The Morgan fingerprint density at radius 3 is 2.81 bits per heavy atom. The van der Waals surface area contributed by atoms with Crippen LogP contribution in [0.2, 0.25) is 0 Å². The van der Waals surface area contributed by atoms with E-state index >= 15 is 0 Å². The molecule has 3 rings (SSSR count). The molecule has 2 heterocycles.